The van der Waals surface area contributed by atoms with Crippen LogP contribution in [-0.2, 0) is 4.79 Å². The molecule has 0 aliphatic heterocycles. The van der Waals surface area contributed by atoms with Crippen molar-refractivity contribution >= 4 is 17.2 Å². The Morgan fingerprint density at radius 1 is 1.45 bits per heavy atom. The fourth-order valence-corrected chi connectivity index (χ4v) is 3.83. The van der Waals surface area contributed by atoms with E-state index in [9.17, 15) is 10.0 Å². The summed E-state index contributed by atoms with van der Waals surface area (Å²) in [5.74, 6) is 1.10. The molecule has 3 rings (SSSR count). The zero-order valence-electron chi connectivity index (χ0n) is 13.4. The Labute approximate surface area is 130 Å². The van der Waals surface area contributed by atoms with E-state index in [0.717, 1.165) is 22.5 Å². The first-order valence-corrected chi connectivity index (χ1v) is 7.58. The van der Waals surface area contributed by atoms with Gasteiger partial charge in [0.2, 0.25) is 0 Å². The molecule has 1 aromatic rings. The second kappa shape index (κ2) is 4.91. The third-order valence-electron chi connectivity index (χ3n) is 5.27. The summed E-state index contributed by atoms with van der Waals surface area (Å²) in [5, 5.41) is 22.4. The molecule has 2 aliphatic carbocycles. The number of fused-ring (bicyclic) bond motifs is 1. The van der Waals surface area contributed by atoms with E-state index in [1.165, 1.54) is 0 Å². The highest BCUT2D eigenvalue weighted by Gasteiger charge is 2.65. The molecule has 3 atom stereocenters. The van der Waals surface area contributed by atoms with Gasteiger partial charge >= 0.3 is 0 Å². The van der Waals surface area contributed by atoms with Crippen molar-refractivity contribution < 1.29 is 15.2 Å². The highest BCUT2D eigenvalue weighted by molar-refractivity contribution is 6.01. The van der Waals surface area contributed by atoms with Crippen molar-refractivity contribution in [1.29, 1.82) is 0 Å². The summed E-state index contributed by atoms with van der Waals surface area (Å²) in [6.45, 7) is 8.24. The third kappa shape index (κ3) is 2.26. The van der Waals surface area contributed by atoms with Gasteiger partial charge in [-0.2, -0.15) is 5.23 Å². The third-order valence-corrected chi connectivity index (χ3v) is 5.27. The van der Waals surface area contributed by atoms with Gasteiger partial charge in [0.15, 0.2) is 11.5 Å². The number of carbonyl (C=O) groups excluding carboxylic acids is 1. The SMILES string of the molecule is CC(Nc1ccc([NH+]([O-])O)cc1C)=C1C(=O)CC2C1C2(C)C. The molecule has 5 nitrogen and oxygen atoms in total. The predicted molar refractivity (Wildman–Crippen MR) is 83.7 cm³/mol. The molecule has 2 fully saturated rings. The van der Waals surface area contributed by atoms with Gasteiger partial charge in [-0.3, -0.25) is 4.79 Å². The minimum Gasteiger partial charge on any atom is -0.595 e. The zero-order valence-corrected chi connectivity index (χ0v) is 13.4. The second-order valence-electron chi connectivity index (χ2n) is 7.03. The zero-order chi connectivity index (χ0) is 16.2. The van der Waals surface area contributed by atoms with Gasteiger partial charge in [-0.15, -0.1) is 0 Å². The first-order valence-electron chi connectivity index (χ1n) is 7.58. The largest absolute Gasteiger partial charge is 0.595 e. The van der Waals surface area contributed by atoms with Gasteiger partial charge in [0.1, 0.15) is 0 Å². The van der Waals surface area contributed by atoms with Crippen LogP contribution in [0.15, 0.2) is 29.5 Å². The van der Waals surface area contributed by atoms with E-state index < -0.39 is 5.23 Å². The maximum absolute atomic E-state index is 12.2. The maximum atomic E-state index is 12.2. The van der Waals surface area contributed by atoms with Gasteiger partial charge in [-0.05, 0) is 42.7 Å². The smallest absolute Gasteiger partial charge is 0.164 e. The van der Waals surface area contributed by atoms with Crippen molar-refractivity contribution in [1.82, 2.24) is 0 Å². The van der Waals surface area contributed by atoms with Crippen LogP contribution in [0.25, 0.3) is 0 Å². The summed E-state index contributed by atoms with van der Waals surface area (Å²) >= 11 is 0. The highest BCUT2D eigenvalue weighted by Crippen LogP contribution is 2.68. The standard InChI is InChI=1S/C17H22N2O3/c1-9-7-11(19(21)22)5-6-13(9)18-10(2)15-14(20)8-12-16(15)17(12,3)4/h5-7,12,16,18-19,21H,8H2,1-4H3. The van der Waals surface area contributed by atoms with Crippen LogP contribution < -0.4 is 10.5 Å². The van der Waals surface area contributed by atoms with Gasteiger partial charge in [0, 0.05) is 35.5 Å². The molecule has 118 valence electrons. The van der Waals surface area contributed by atoms with Crippen molar-refractivity contribution in [3.8, 4) is 0 Å². The molecular formula is C17H22N2O3. The van der Waals surface area contributed by atoms with Gasteiger partial charge < -0.3 is 10.5 Å². The quantitative estimate of drug-likeness (QED) is 0.591. The lowest BCUT2D eigenvalue weighted by Crippen LogP contribution is -2.99. The number of aryl methyl sites for hydroxylation is 1. The Balaban J connectivity index is 1.87. The van der Waals surface area contributed by atoms with E-state index in [1.54, 1.807) is 18.2 Å². The molecule has 0 heterocycles. The average Bonchev–Trinajstić information content (AvgIpc) is 2.80. The molecule has 3 unspecified atom stereocenters. The van der Waals surface area contributed by atoms with Crippen LogP contribution in [0.3, 0.4) is 0 Å². The lowest BCUT2D eigenvalue weighted by Gasteiger charge is -2.17. The fourth-order valence-electron chi connectivity index (χ4n) is 3.83. The van der Waals surface area contributed by atoms with Crippen molar-refractivity contribution in [3.63, 3.8) is 0 Å². The van der Waals surface area contributed by atoms with E-state index in [2.05, 4.69) is 19.2 Å². The highest BCUT2D eigenvalue weighted by atomic mass is 16.8. The molecule has 0 spiro atoms. The molecule has 0 amide bonds. The number of hydrogen-bond acceptors (Lipinski definition) is 4. The van der Waals surface area contributed by atoms with E-state index >= 15 is 0 Å². The van der Waals surface area contributed by atoms with Crippen molar-refractivity contribution in [2.45, 2.75) is 34.1 Å². The lowest BCUT2D eigenvalue weighted by molar-refractivity contribution is -0.991. The Morgan fingerprint density at radius 2 is 2.14 bits per heavy atom. The molecule has 1 aromatic carbocycles. The second-order valence-corrected chi connectivity index (χ2v) is 7.03. The summed E-state index contributed by atoms with van der Waals surface area (Å²) < 4.78 is 0. The Bertz CT molecular complexity index is 676. The first kappa shape index (κ1) is 15.2. The summed E-state index contributed by atoms with van der Waals surface area (Å²) in [5.41, 5.74) is 4.04. The monoisotopic (exact) mass is 302 g/mol. The van der Waals surface area contributed by atoms with Crippen LogP contribution in [-0.4, -0.2) is 11.0 Å². The molecule has 2 saturated carbocycles. The fraction of sp³-hybridized carbons (Fsp3) is 0.471. The van der Waals surface area contributed by atoms with Crippen LogP contribution in [0.1, 0.15) is 32.8 Å². The van der Waals surface area contributed by atoms with E-state index in [1.807, 2.05) is 13.8 Å². The molecule has 0 radical (unpaired) electrons. The Kier molecular flexibility index (Phi) is 3.40. The Hall–Kier alpha value is -1.69. The van der Waals surface area contributed by atoms with Gasteiger partial charge in [0.25, 0.3) is 0 Å². The number of quaternary nitrogens is 1. The number of ketones is 1. The van der Waals surface area contributed by atoms with Crippen molar-refractivity contribution in [2.24, 2.45) is 17.3 Å². The first-order chi connectivity index (χ1) is 10.2. The molecule has 3 N–H and O–H groups in total. The van der Waals surface area contributed by atoms with E-state index in [-0.39, 0.29) is 16.9 Å². The lowest BCUT2D eigenvalue weighted by atomic mass is 9.95. The normalized spacial score (nSPS) is 29.1. The van der Waals surface area contributed by atoms with Crippen molar-refractivity contribution in [2.75, 3.05) is 5.32 Å². The predicted octanol–water partition coefficient (Wildman–Crippen LogP) is 2.33. The van der Waals surface area contributed by atoms with E-state index in [0.29, 0.717) is 18.3 Å². The Morgan fingerprint density at radius 3 is 2.68 bits per heavy atom. The molecule has 22 heavy (non-hydrogen) atoms. The van der Waals surface area contributed by atoms with Crippen molar-refractivity contribution in [3.05, 3.63) is 40.2 Å². The maximum Gasteiger partial charge on any atom is 0.164 e. The minimum atomic E-state index is -0.932. The van der Waals surface area contributed by atoms with Crippen LogP contribution in [0.5, 0.6) is 0 Å². The van der Waals surface area contributed by atoms with E-state index in [4.69, 9.17) is 5.21 Å². The summed E-state index contributed by atoms with van der Waals surface area (Å²) in [7, 11) is 0. The molecule has 2 aliphatic rings. The topological polar surface area (TPSA) is 76.8 Å². The molecule has 0 aromatic heterocycles. The number of nitrogens with one attached hydrogen (secondary N) is 2. The number of allylic oxidation sites excluding steroid dienone is 2. The summed E-state index contributed by atoms with van der Waals surface area (Å²) in [6, 6.07) is 4.98. The number of benzene rings is 1. The number of rotatable bonds is 3. The molecule has 5 heteroatoms. The average molecular weight is 302 g/mol. The minimum absolute atomic E-state index is 0.231. The number of hydrogen-bond donors (Lipinski definition) is 3. The number of Topliss-reactive ketones (excluding diaryl/α,β-unsaturated/α-hetero) is 1. The summed E-state index contributed by atoms with van der Waals surface area (Å²) in [4.78, 5) is 12.2. The molecule has 0 bridgehead atoms. The van der Waals surface area contributed by atoms with Gasteiger partial charge in [0.05, 0.1) is 0 Å². The van der Waals surface area contributed by atoms with Crippen LogP contribution in [0.2, 0.25) is 0 Å². The number of carbonyl (C=O) groups is 1. The van der Waals surface area contributed by atoms with Crippen LogP contribution >= 0.6 is 0 Å². The molecular weight excluding hydrogens is 280 g/mol. The van der Waals surface area contributed by atoms with Crippen LogP contribution in [0.4, 0.5) is 11.4 Å². The van der Waals surface area contributed by atoms with Gasteiger partial charge in [-0.1, -0.05) is 13.8 Å². The summed E-state index contributed by atoms with van der Waals surface area (Å²) in [6.07, 6.45) is 0.656. The van der Waals surface area contributed by atoms with Crippen LogP contribution in [0, 0.1) is 29.4 Å². The van der Waals surface area contributed by atoms with Gasteiger partial charge in [-0.25, -0.2) is 5.21 Å². The number of anilines is 1. The molecule has 0 saturated heterocycles.